The van der Waals surface area contributed by atoms with E-state index in [1.54, 1.807) is 25.1 Å². The van der Waals surface area contributed by atoms with Gasteiger partial charge in [0, 0.05) is 61.3 Å². The molecule has 1 amide bonds. The Morgan fingerprint density at radius 3 is 1.94 bits per heavy atom. The van der Waals surface area contributed by atoms with Gasteiger partial charge in [0.05, 0.1) is 25.2 Å². The molecule has 19 nitrogen and oxygen atoms in total. The molecule has 2 atom stereocenters. The van der Waals surface area contributed by atoms with E-state index in [4.69, 9.17) is 14.2 Å². The molecular weight excluding hydrogens is 712 g/mol. The number of aryl methyl sites for hydroxylation is 1. The third-order valence-electron chi connectivity index (χ3n) is 9.17. The standard InChI is InChI=1S/C35H48N6O13/c1-24(45)13-28-25(2)27-8-7-26(14-29(27)37-35(28)51)36-32(46)15-40(11-9-38(16-33(47)48)17-34(49)50)30-5-3-4-6-31(30)41(20-54-23-44)12-10-39(18-52-21-42)19-53-22-43/h7-8,14,21-23,30-31H,3-6,9-13,15-20H2,1-2H3,(H,36,46)(H,37,51)(H,47,48)(H,49,50)/t30-,31-/m0/s1. The minimum atomic E-state index is -1.21. The van der Waals surface area contributed by atoms with E-state index in [1.807, 2.05) is 9.80 Å². The van der Waals surface area contributed by atoms with Gasteiger partial charge < -0.3 is 34.7 Å². The fraction of sp³-hybridized carbons (Fsp3) is 0.543. The van der Waals surface area contributed by atoms with Crippen LogP contribution in [0.3, 0.4) is 0 Å². The number of carboxylic acid groups (broad SMARTS) is 2. The van der Waals surface area contributed by atoms with Crippen LogP contribution in [0.1, 0.15) is 43.7 Å². The summed E-state index contributed by atoms with van der Waals surface area (Å²) < 4.78 is 14.8. The monoisotopic (exact) mass is 760 g/mol. The maximum Gasteiger partial charge on any atom is 0.317 e. The molecule has 296 valence electrons. The number of aromatic nitrogens is 1. The van der Waals surface area contributed by atoms with Crippen molar-refractivity contribution in [3.63, 3.8) is 0 Å². The third-order valence-corrected chi connectivity index (χ3v) is 9.17. The van der Waals surface area contributed by atoms with Crippen LogP contribution in [0.25, 0.3) is 10.9 Å². The summed E-state index contributed by atoms with van der Waals surface area (Å²) in [6.07, 6.45) is 2.80. The second-order valence-electron chi connectivity index (χ2n) is 13.0. The van der Waals surface area contributed by atoms with Crippen LogP contribution in [-0.2, 0) is 54.2 Å². The number of carboxylic acids is 2. The Kier molecular flexibility index (Phi) is 17.7. The number of carbonyl (C=O) groups is 7. The van der Waals surface area contributed by atoms with Gasteiger partial charge in [-0.05, 0) is 44.4 Å². The van der Waals surface area contributed by atoms with Crippen molar-refractivity contribution in [2.45, 2.75) is 58.0 Å². The number of H-pyrrole nitrogens is 1. The summed E-state index contributed by atoms with van der Waals surface area (Å²) in [7, 11) is 0. The van der Waals surface area contributed by atoms with Gasteiger partial charge in [0.2, 0.25) is 5.91 Å². The van der Waals surface area contributed by atoms with E-state index in [1.165, 1.54) is 16.7 Å². The van der Waals surface area contributed by atoms with Crippen LogP contribution in [0.4, 0.5) is 5.69 Å². The lowest BCUT2D eigenvalue weighted by Crippen LogP contribution is -2.57. The quantitative estimate of drug-likeness (QED) is 0.0559. The number of rotatable bonds is 26. The lowest BCUT2D eigenvalue weighted by Gasteiger charge is -2.45. The minimum Gasteiger partial charge on any atom is -0.480 e. The summed E-state index contributed by atoms with van der Waals surface area (Å²) in [6, 6.07) is 4.36. The van der Waals surface area contributed by atoms with Crippen LogP contribution >= 0.6 is 0 Å². The number of benzene rings is 1. The molecule has 1 fully saturated rings. The summed E-state index contributed by atoms with van der Waals surface area (Å²) in [5, 5.41) is 22.4. The van der Waals surface area contributed by atoms with Crippen molar-refractivity contribution >= 4 is 59.6 Å². The first-order valence-electron chi connectivity index (χ1n) is 17.3. The van der Waals surface area contributed by atoms with E-state index in [-0.39, 0.29) is 90.1 Å². The molecule has 0 saturated heterocycles. The summed E-state index contributed by atoms with van der Waals surface area (Å²) >= 11 is 0. The van der Waals surface area contributed by atoms with E-state index >= 15 is 0 Å². The molecule has 1 aromatic carbocycles. The highest BCUT2D eigenvalue weighted by Gasteiger charge is 2.36. The van der Waals surface area contributed by atoms with Crippen molar-refractivity contribution in [3.05, 3.63) is 39.7 Å². The number of amides is 1. The Morgan fingerprint density at radius 1 is 0.815 bits per heavy atom. The van der Waals surface area contributed by atoms with Gasteiger partial charge in [-0.3, -0.25) is 53.1 Å². The van der Waals surface area contributed by atoms with Gasteiger partial charge in [-0.25, -0.2) is 4.90 Å². The number of ether oxygens (including phenoxy) is 3. The van der Waals surface area contributed by atoms with Crippen LogP contribution in [0, 0.1) is 6.92 Å². The molecule has 0 unspecified atom stereocenters. The number of fused-ring (bicyclic) bond motifs is 1. The van der Waals surface area contributed by atoms with Crippen LogP contribution < -0.4 is 10.9 Å². The fourth-order valence-electron chi connectivity index (χ4n) is 6.76. The van der Waals surface area contributed by atoms with Gasteiger partial charge in [0.1, 0.15) is 26.0 Å². The molecule has 1 aromatic heterocycles. The second-order valence-corrected chi connectivity index (χ2v) is 13.0. The molecule has 0 aliphatic heterocycles. The number of anilines is 1. The second kappa shape index (κ2) is 22.1. The molecule has 19 heteroatoms. The highest BCUT2D eigenvalue weighted by atomic mass is 16.6. The molecule has 1 aliphatic rings. The first-order valence-corrected chi connectivity index (χ1v) is 17.3. The molecule has 3 rings (SSSR count). The average Bonchev–Trinajstić information content (AvgIpc) is 3.11. The van der Waals surface area contributed by atoms with E-state index in [9.17, 15) is 48.6 Å². The maximum atomic E-state index is 13.7. The largest absolute Gasteiger partial charge is 0.480 e. The normalized spacial score (nSPS) is 15.7. The number of nitrogens with zero attached hydrogens (tertiary/aromatic N) is 4. The number of hydrogen-bond donors (Lipinski definition) is 4. The van der Waals surface area contributed by atoms with Gasteiger partial charge in [-0.1, -0.05) is 18.9 Å². The maximum absolute atomic E-state index is 13.7. The zero-order valence-electron chi connectivity index (χ0n) is 30.4. The van der Waals surface area contributed by atoms with Gasteiger partial charge in [-0.2, -0.15) is 0 Å². The van der Waals surface area contributed by atoms with Crippen LogP contribution in [0.2, 0.25) is 0 Å². The van der Waals surface area contributed by atoms with E-state index < -0.39 is 36.5 Å². The summed E-state index contributed by atoms with van der Waals surface area (Å²) in [5.41, 5.74) is 1.47. The topological polar surface area (TPSA) is 245 Å². The Morgan fingerprint density at radius 2 is 1.37 bits per heavy atom. The Labute approximate surface area is 311 Å². The molecule has 54 heavy (non-hydrogen) atoms. The molecule has 0 radical (unpaired) electrons. The molecule has 1 heterocycles. The van der Waals surface area contributed by atoms with E-state index in [2.05, 4.69) is 10.3 Å². The number of carbonyl (C=O) groups excluding carboxylic acids is 5. The first kappa shape index (κ1) is 43.2. The Bertz CT molecular complexity index is 1660. The number of Topliss-reactive ketones (excluding diaryl/α,β-unsaturated/α-hetero) is 1. The highest BCUT2D eigenvalue weighted by molar-refractivity contribution is 5.95. The molecule has 2 aromatic rings. The van der Waals surface area contributed by atoms with Gasteiger partial charge in [0.15, 0.2) is 0 Å². The predicted molar refractivity (Wildman–Crippen MR) is 191 cm³/mol. The van der Waals surface area contributed by atoms with E-state index in [0.29, 0.717) is 47.0 Å². The molecule has 0 spiro atoms. The summed E-state index contributed by atoms with van der Waals surface area (Å²) in [6.45, 7) is 2.81. The first-order chi connectivity index (χ1) is 25.9. The van der Waals surface area contributed by atoms with Crippen molar-refractivity contribution in [2.24, 2.45) is 0 Å². The molecule has 0 bridgehead atoms. The van der Waals surface area contributed by atoms with E-state index in [0.717, 1.165) is 12.8 Å². The van der Waals surface area contributed by atoms with Crippen molar-refractivity contribution < 1.29 is 58.0 Å². The van der Waals surface area contributed by atoms with Crippen LogP contribution in [0.15, 0.2) is 23.0 Å². The molecule has 1 saturated carbocycles. The molecule has 4 N–H and O–H groups in total. The minimum absolute atomic E-state index is 0.00112. The molecular formula is C35H48N6O13. The third kappa shape index (κ3) is 13.6. The number of aromatic amines is 1. The van der Waals surface area contributed by atoms with Crippen LogP contribution in [0.5, 0.6) is 0 Å². The van der Waals surface area contributed by atoms with Crippen molar-refractivity contribution in [3.8, 4) is 0 Å². The lowest BCUT2D eigenvalue weighted by molar-refractivity contribution is -0.144. The fourth-order valence-corrected chi connectivity index (χ4v) is 6.76. The molecule has 1 aliphatic carbocycles. The van der Waals surface area contributed by atoms with Gasteiger partial charge in [-0.15, -0.1) is 0 Å². The van der Waals surface area contributed by atoms with Crippen molar-refractivity contribution in [2.75, 3.05) is 71.3 Å². The Balaban J connectivity index is 1.92. The number of ketones is 1. The summed E-state index contributed by atoms with van der Waals surface area (Å²) in [4.78, 5) is 104. The average molecular weight is 761 g/mol. The summed E-state index contributed by atoms with van der Waals surface area (Å²) in [5.74, 6) is -3.02. The van der Waals surface area contributed by atoms with Crippen molar-refractivity contribution in [1.29, 1.82) is 0 Å². The zero-order valence-corrected chi connectivity index (χ0v) is 30.4. The SMILES string of the molecule is CC(=O)Cc1c(C)c2ccc(NC(=O)CN(CCN(CC(=O)O)CC(=O)O)[C@H]3CCCC[C@@H]3N(CCN(COC=O)COC=O)COC=O)cc2[nH]c1=O. The predicted octanol–water partition coefficient (Wildman–Crippen LogP) is -0.0136. The lowest BCUT2D eigenvalue weighted by atomic mass is 9.88. The Hall–Kier alpha value is -5.24. The number of aliphatic carboxylic acids is 2. The number of pyridine rings is 1. The highest BCUT2D eigenvalue weighted by Crippen LogP contribution is 2.28. The number of nitrogens with one attached hydrogen (secondary N) is 2. The van der Waals surface area contributed by atoms with Gasteiger partial charge in [0.25, 0.3) is 25.0 Å². The van der Waals surface area contributed by atoms with Crippen molar-refractivity contribution in [1.82, 2.24) is 24.6 Å². The van der Waals surface area contributed by atoms with Gasteiger partial charge >= 0.3 is 11.9 Å². The number of hydrogen-bond acceptors (Lipinski definition) is 15. The zero-order chi connectivity index (χ0) is 39.6. The smallest absolute Gasteiger partial charge is 0.317 e. The van der Waals surface area contributed by atoms with Crippen LogP contribution in [-0.4, -0.2) is 156 Å².